The van der Waals surface area contributed by atoms with Crippen LogP contribution in [0.15, 0.2) is 97.2 Å². The molecule has 12 heteroatoms. The van der Waals surface area contributed by atoms with E-state index in [1.165, 1.54) is 51.4 Å². The molecule has 0 radical (unpaired) electrons. The third kappa shape index (κ3) is 42.3. The molecule has 1 heterocycles. The van der Waals surface area contributed by atoms with Gasteiger partial charge in [0.1, 0.15) is 18.8 Å². The van der Waals surface area contributed by atoms with Gasteiger partial charge >= 0.3 is 23.9 Å². The van der Waals surface area contributed by atoms with Crippen LogP contribution in [0.25, 0.3) is 0 Å². The lowest BCUT2D eigenvalue weighted by Crippen LogP contribution is -2.61. The van der Waals surface area contributed by atoms with Gasteiger partial charge in [0.25, 0.3) is 0 Å². The van der Waals surface area contributed by atoms with E-state index in [-0.39, 0.29) is 25.9 Å². The summed E-state index contributed by atoms with van der Waals surface area (Å²) in [4.78, 5) is 51.2. The summed E-state index contributed by atoms with van der Waals surface area (Å²) in [5, 5.41) is 31.5. The van der Waals surface area contributed by atoms with Gasteiger partial charge in [-0.3, -0.25) is 14.4 Å². The van der Waals surface area contributed by atoms with E-state index in [0.717, 1.165) is 128 Å². The van der Waals surface area contributed by atoms with Gasteiger partial charge in [-0.25, -0.2) is 4.79 Å². The smallest absolute Gasteiger partial charge is 0.335 e. The molecule has 12 nitrogen and oxygen atoms in total. The van der Waals surface area contributed by atoms with Gasteiger partial charge in [-0.2, -0.15) is 0 Å². The van der Waals surface area contributed by atoms with Crippen LogP contribution < -0.4 is 0 Å². The second kappa shape index (κ2) is 52.3. The highest BCUT2D eigenvalue weighted by molar-refractivity contribution is 5.74. The average Bonchev–Trinajstić information content (AvgIpc) is 3.42. The van der Waals surface area contributed by atoms with E-state index in [0.29, 0.717) is 19.3 Å². The molecule has 0 aromatic carbocycles. The third-order valence-corrected chi connectivity index (χ3v) is 13.2. The van der Waals surface area contributed by atoms with E-state index < -0.39 is 67.3 Å². The number of allylic oxidation sites excluding steroid dienone is 16. The molecule has 1 saturated heterocycles. The van der Waals surface area contributed by atoms with Crippen molar-refractivity contribution in [1.82, 2.24) is 0 Å². The minimum absolute atomic E-state index is 0.0536. The number of hydrogen-bond acceptors (Lipinski definition) is 11. The predicted octanol–water partition coefficient (Wildman–Crippen LogP) is 15.7. The van der Waals surface area contributed by atoms with Crippen LogP contribution in [0.2, 0.25) is 0 Å². The van der Waals surface area contributed by atoms with E-state index in [4.69, 9.17) is 23.7 Å². The summed E-state index contributed by atoms with van der Waals surface area (Å²) in [5.74, 6) is -3.19. The maximum atomic E-state index is 13.2. The van der Waals surface area contributed by atoms with Crippen LogP contribution in [0.1, 0.15) is 239 Å². The molecule has 0 aromatic heterocycles. The number of carbonyl (C=O) groups is 4. The van der Waals surface area contributed by atoms with Crippen molar-refractivity contribution >= 4 is 23.9 Å². The lowest BCUT2D eigenvalue weighted by molar-refractivity contribution is -0.301. The first-order valence-electron chi connectivity index (χ1n) is 30.2. The zero-order valence-corrected chi connectivity index (χ0v) is 48.2. The average molecular weight is 1080 g/mol. The van der Waals surface area contributed by atoms with Gasteiger partial charge in [-0.05, 0) is 96.3 Å². The topological polar surface area (TPSA) is 175 Å². The molecule has 6 unspecified atom stereocenters. The van der Waals surface area contributed by atoms with E-state index in [2.05, 4.69) is 118 Å². The Morgan fingerprint density at radius 3 is 1.25 bits per heavy atom. The molecule has 1 aliphatic rings. The lowest BCUT2D eigenvalue weighted by Gasteiger charge is -2.40. The Morgan fingerprint density at radius 1 is 0.442 bits per heavy atom. The van der Waals surface area contributed by atoms with Gasteiger partial charge in [0, 0.05) is 19.3 Å². The SMILES string of the molecule is CC/C=C\C/C=C\C/C=C\C/C=C\CCCCCCC(=O)OCC(COC1OC(C(=O)O)C(O)C(O)C1OC(=O)CCCCCCCCCCCCCCC)OC(=O)CCCCCC/C=C\C/C=C\C/C=C\C/C=C\CC. The van der Waals surface area contributed by atoms with Gasteiger partial charge in [0.2, 0.25) is 0 Å². The molecule has 3 N–H and O–H groups in total. The van der Waals surface area contributed by atoms with E-state index in [1.54, 1.807) is 0 Å². The lowest BCUT2D eigenvalue weighted by atomic mass is 9.98. The molecule has 1 aliphatic heterocycles. The van der Waals surface area contributed by atoms with Crippen molar-refractivity contribution in [2.45, 2.75) is 276 Å². The number of carboxylic acid groups (broad SMARTS) is 1. The number of ether oxygens (including phenoxy) is 5. The van der Waals surface area contributed by atoms with Crippen LogP contribution in [-0.4, -0.2) is 89.2 Å². The van der Waals surface area contributed by atoms with E-state index in [1.807, 2.05) is 0 Å². The number of esters is 3. The minimum Gasteiger partial charge on any atom is -0.479 e. The monoisotopic (exact) mass is 1080 g/mol. The van der Waals surface area contributed by atoms with Crippen LogP contribution in [-0.2, 0) is 42.9 Å². The number of carbonyl (C=O) groups excluding carboxylic acids is 3. The molecular formula is C65H106O12. The van der Waals surface area contributed by atoms with Crippen molar-refractivity contribution in [2.24, 2.45) is 0 Å². The van der Waals surface area contributed by atoms with Crippen molar-refractivity contribution in [1.29, 1.82) is 0 Å². The van der Waals surface area contributed by atoms with Crippen LogP contribution in [0.4, 0.5) is 0 Å². The normalized spacial score (nSPS) is 18.7. The number of carboxylic acids is 1. The molecule has 1 fully saturated rings. The number of rotatable bonds is 50. The second-order valence-corrected chi connectivity index (χ2v) is 20.2. The zero-order chi connectivity index (χ0) is 56.1. The summed E-state index contributed by atoms with van der Waals surface area (Å²) in [7, 11) is 0. The van der Waals surface area contributed by atoms with Crippen LogP contribution in [0.3, 0.4) is 0 Å². The number of hydrogen-bond donors (Lipinski definition) is 3. The van der Waals surface area contributed by atoms with E-state index in [9.17, 15) is 34.5 Å². The van der Waals surface area contributed by atoms with Gasteiger partial charge in [-0.1, -0.05) is 221 Å². The van der Waals surface area contributed by atoms with Gasteiger partial charge < -0.3 is 39.0 Å². The largest absolute Gasteiger partial charge is 0.479 e. The van der Waals surface area contributed by atoms with Crippen molar-refractivity contribution in [3.05, 3.63) is 97.2 Å². The van der Waals surface area contributed by atoms with Gasteiger partial charge in [-0.15, -0.1) is 0 Å². The fourth-order valence-electron chi connectivity index (χ4n) is 8.58. The minimum atomic E-state index is -1.91. The summed E-state index contributed by atoms with van der Waals surface area (Å²) < 4.78 is 28.4. The molecule has 0 spiro atoms. The highest BCUT2D eigenvalue weighted by atomic mass is 16.7. The number of aliphatic hydroxyl groups excluding tert-OH is 2. The zero-order valence-electron chi connectivity index (χ0n) is 48.2. The van der Waals surface area contributed by atoms with Crippen LogP contribution >= 0.6 is 0 Å². The molecule has 0 aliphatic carbocycles. The Labute approximate surface area is 466 Å². The molecule has 0 bridgehead atoms. The maximum Gasteiger partial charge on any atom is 0.335 e. The van der Waals surface area contributed by atoms with Crippen molar-refractivity contribution in [3.8, 4) is 0 Å². The first-order valence-corrected chi connectivity index (χ1v) is 30.2. The standard InChI is InChI=1S/C65H106O12/c1-4-7-10-13-16-19-22-25-27-29-31-34-36-39-42-45-48-51-57(66)73-54-56(75-58(67)52-49-46-43-40-38-35-32-30-28-26-23-20-17-14-11-8-5-2)55-74-65-63(61(70)60(69)62(77-65)64(71)72)76-59(68)53-50-47-44-41-37-33-24-21-18-15-12-9-6-3/h7-8,10-11,16-17,19-20,25-28,31-32,34-35,56,60-63,65,69-70H,4-6,9,12-15,18,21-24,29-30,33,36-55H2,1-3H3,(H,71,72)/b10-7-,11-8-,19-16-,20-17-,27-25-,28-26-,34-31-,35-32-. The fraction of sp³-hybridized carbons (Fsp3) is 0.692. The van der Waals surface area contributed by atoms with Gasteiger partial charge in [0.05, 0.1) is 6.61 Å². The molecule has 438 valence electrons. The van der Waals surface area contributed by atoms with Gasteiger partial charge in [0.15, 0.2) is 24.6 Å². The Kier molecular flexibility index (Phi) is 48.0. The quantitative estimate of drug-likeness (QED) is 0.0228. The van der Waals surface area contributed by atoms with Crippen molar-refractivity contribution < 1.29 is 58.2 Å². The molecule has 77 heavy (non-hydrogen) atoms. The molecule has 0 aromatic rings. The number of unbranched alkanes of at least 4 members (excludes halogenated alkanes) is 20. The Bertz CT molecular complexity index is 1710. The summed E-state index contributed by atoms with van der Waals surface area (Å²) in [6, 6.07) is 0. The third-order valence-electron chi connectivity index (χ3n) is 13.2. The van der Waals surface area contributed by atoms with Crippen LogP contribution in [0, 0.1) is 0 Å². The number of aliphatic hydroxyl groups is 2. The van der Waals surface area contributed by atoms with Crippen molar-refractivity contribution in [2.75, 3.05) is 13.2 Å². The molecule has 6 atom stereocenters. The summed E-state index contributed by atoms with van der Waals surface area (Å²) in [6.45, 7) is 5.72. The first-order chi connectivity index (χ1) is 37.6. The highest BCUT2D eigenvalue weighted by Crippen LogP contribution is 2.26. The highest BCUT2D eigenvalue weighted by Gasteiger charge is 2.50. The Balaban J connectivity index is 2.73. The Morgan fingerprint density at radius 2 is 0.818 bits per heavy atom. The van der Waals surface area contributed by atoms with Crippen LogP contribution in [0.5, 0.6) is 0 Å². The summed E-state index contributed by atoms with van der Waals surface area (Å²) in [5.41, 5.74) is 0. The molecule has 0 amide bonds. The Hall–Kier alpha value is -4.36. The molecule has 0 saturated carbocycles. The predicted molar refractivity (Wildman–Crippen MR) is 312 cm³/mol. The number of aliphatic carboxylic acids is 1. The summed E-state index contributed by atoms with van der Waals surface area (Å²) in [6.07, 6.45) is 56.6. The fourth-order valence-corrected chi connectivity index (χ4v) is 8.58. The second-order valence-electron chi connectivity index (χ2n) is 20.2. The van der Waals surface area contributed by atoms with Crippen molar-refractivity contribution in [3.63, 3.8) is 0 Å². The molecule has 1 rings (SSSR count). The molecular weight excluding hydrogens is 973 g/mol. The summed E-state index contributed by atoms with van der Waals surface area (Å²) >= 11 is 0. The maximum absolute atomic E-state index is 13.2. The first kappa shape index (κ1) is 70.7. The van der Waals surface area contributed by atoms with E-state index >= 15 is 0 Å².